The van der Waals surface area contributed by atoms with Crippen LogP contribution in [0, 0.1) is 7.05 Å². The van der Waals surface area contributed by atoms with Crippen molar-refractivity contribution in [2.75, 3.05) is 0 Å². The van der Waals surface area contributed by atoms with Gasteiger partial charge < -0.3 is 9.67 Å². The number of pyridine rings is 1. The van der Waals surface area contributed by atoms with Crippen LogP contribution in [-0.2, 0) is 0 Å². The van der Waals surface area contributed by atoms with Gasteiger partial charge in [-0.1, -0.05) is 90.7 Å². The maximum Gasteiger partial charge on any atom is 1.00 e. The molecule has 0 aliphatic heterocycles. The molecule has 0 saturated heterocycles. The van der Waals surface area contributed by atoms with Crippen LogP contribution >= 0.6 is 0 Å². The molecule has 0 amide bonds. The molecule has 3 heteroatoms. The fraction of sp³-hybridized carbons (Fsp3) is 0. The summed E-state index contributed by atoms with van der Waals surface area (Å²) >= 11 is 0. The third-order valence-electron chi connectivity index (χ3n) is 4.52. The van der Waals surface area contributed by atoms with Crippen molar-refractivity contribution in [3.8, 4) is 0 Å². The molecule has 27 heavy (non-hydrogen) atoms. The fourth-order valence-corrected chi connectivity index (χ4v) is 3.23. The predicted octanol–water partition coefficient (Wildman–Crippen LogP) is 1.05. The molecule has 0 N–H and O–H groups in total. The molecule has 4 rings (SSSR count). The van der Waals surface area contributed by atoms with Crippen LogP contribution in [0.3, 0.4) is 0 Å². The molecular weight excluding hydrogens is 325 g/mol. The SMILES string of the molecule is [CH2-][n+]1c(C([O-])=C(c2ccccc2)c2ccccc2)ccc2ccccc21.[Li+]. The van der Waals surface area contributed by atoms with E-state index >= 15 is 0 Å². The van der Waals surface area contributed by atoms with Gasteiger partial charge in [0.25, 0.3) is 0 Å². The molecule has 0 unspecified atom stereocenters. The molecule has 0 aliphatic rings. The molecular formula is C24H18LiNO. The van der Waals surface area contributed by atoms with Gasteiger partial charge in [-0.2, -0.15) is 0 Å². The zero-order chi connectivity index (χ0) is 17.9. The van der Waals surface area contributed by atoms with Crippen molar-refractivity contribution < 1.29 is 28.5 Å². The molecule has 126 valence electrons. The molecule has 0 spiro atoms. The molecule has 2 nitrogen and oxygen atoms in total. The molecule has 1 heterocycles. The van der Waals surface area contributed by atoms with E-state index in [1.54, 1.807) is 4.57 Å². The maximum absolute atomic E-state index is 13.5. The van der Waals surface area contributed by atoms with Gasteiger partial charge in [-0.3, -0.25) is 0 Å². The van der Waals surface area contributed by atoms with Crippen molar-refractivity contribution in [1.82, 2.24) is 0 Å². The smallest absolute Gasteiger partial charge is 0.877 e. The topological polar surface area (TPSA) is 26.9 Å². The molecule has 3 aromatic carbocycles. The second kappa shape index (κ2) is 8.18. The summed E-state index contributed by atoms with van der Waals surface area (Å²) in [6.45, 7) is 0. The average Bonchev–Trinajstić information content (AvgIpc) is 2.70. The predicted molar refractivity (Wildman–Crippen MR) is 104 cm³/mol. The van der Waals surface area contributed by atoms with E-state index in [0.29, 0.717) is 11.3 Å². The molecule has 0 bridgehead atoms. The van der Waals surface area contributed by atoms with E-state index < -0.39 is 0 Å². The third-order valence-corrected chi connectivity index (χ3v) is 4.52. The van der Waals surface area contributed by atoms with E-state index in [0.717, 1.165) is 22.0 Å². The number of rotatable bonds is 3. The van der Waals surface area contributed by atoms with E-state index in [9.17, 15) is 5.11 Å². The Bertz CT molecular complexity index is 1050. The van der Waals surface area contributed by atoms with Crippen molar-refractivity contribution in [2.45, 2.75) is 0 Å². The summed E-state index contributed by atoms with van der Waals surface area (Å²) in [5.74, 6) is -0.0387. The summed E-state index contributed by atoms with van der Waals surface area (Å²) in [4.78, 5) is 0. The Morgan fingerprint density at radius 3 is 1.78 bits per heavy atom. The van der Waals surface area contributed by atoms with Gasteiger partial charge in [0, 0.05) is 7.05 Å². The Hall–Kier alpha value is -2.92. The summed E-state index contributed by atoms with van der Waals surface area (Å²) in [6, 6.07) is 31.3. The zero-order valence-corrected chi connectivity index (χ0v) is 15.3. The van der Waals surface area contributed by atoms with E-state index in [2.05, 4.69) is 7.05 Å². The number of fused-ring (bicyclic) bond motifs is 1. The Morgan fingerprint density at radius 2 is 1.19 bits per heavy atom. The van der Waals surface area contributed by atoms with Crippen LogP contribution in [0.25, 0.3) is 22.2 Å². The Balaban J connectivity index is 0.00000210. The van der Waals surface area contributed by atoms with Gasteiger partial charge >= 0.3 is 18.9 Å². The first-order chi connectivity index (χ1) is 12.8. The minimum absolute atomic E-state index is 0. The molecule has 0 atom stereocenters. The molecule has 0 radical (unpaired) electrons. The quantitative estimate of drug-likeness (QED) is 0.236. The zero-order valence-electron chi connectivity index (χ0n) is 15.3. The fourth-order valence-electron chi connectivity index (χ4n) is 3.23. The summed E-state index contributed by atoms with van der Waals surface area (Å²) in [5, 5.41) is 14.6. The Morgan fingerprint density at radius 1 is 0.667 bits per heavy atom. The minimum atomic E-state index is -0.0387. The van der Waals surface area contributed by atoms with Crippen LogP contribution < -0.4 is 28.5 Å². The summed E-state index contributed by atoms with van der Waals surface area (Å²) in [6.07, 6.45) is 0. The Labute approximate surface area is 171 Å². The number of para-hydroxylation sites is 1. The Kier molecular flexibility index (Phi) is 5.71. The first-order valence-electron chi connectivity index (χ1n) is 8.53. The van der Waals surface area contributed by atoms with E-state index in [4.69, 9.17) is 0 Å². The summed E-state index contributed by atoms with van der Waals surface area (Å²) in [5.41, 5.74) is 3.97. The van der Waals surface area contributed by atoms with Gasteiger partial charge in [0.2, 0.25) is 0 Å². The number of hydrogen-bond donors (Lipinski definition) is 0. The van der Waals surface area contributed by atoms with Crippen LogP contribution in [0.1, 0.15) is 16.8 Å². The third kappa shape index (κ3) is 3.64. The van der Waals surface area contributed by atoms with Crippen molar-refractivity contribution in [3.63, 3.8) is 0 Å². The van der Waals surface area contributed by atoms with Crippen molar-refractivity contribution in [2.24, 2.45) is 0 Å². The van der Waals surface area contributed by atoms with Crippen molar-refractivity contribution in [3.05, 3.63) is 121 Å². The van der Waals surface area contributed by atoms with E-state index in [-0.39, 0.29) is 24.6 Å². The van der Waals surface area contributed by atoms with Gasteiger partial charge in [-0.25, -0.2) is 0 Å². The van der Waals surface area contributed by atoms with E-state index in [1.807, 2.05) is 97.1 Å². The van der Waals surface area contributed by atoms with Crippen LogP contribution in [0.15, 0.2) is 97.1 Å². The number of aromatic nitrogens is 1. The standard InChI is InChI=1S/C24H19NO.Li/c1-25-21-15-9-8-10-18(21)16-17-22(25)24(26)23(19-11-4-2-5-12-19)20-13-6-3-7-14-20;/h2-17,26H,1H2;/q;+1/p-1. The van der Waals surface area contributed by atoms with Crippen LogP contribution in [-0.4, -0.2) is 0 Å². The van der Waals surface area contributed by atoms with Gasteiger partial charge in [0.1, 0.15) is 5.52 Å². The first-order valence-corrected chi connectivity index (χ1v) is 8.53. The van der Waals surface area contributed by atoms with Gasteiger partial charge in [0.15, 0.2) is 0 Å². The van der Waals surface area contributed by atoms with Gasteiger partial charge in [0.05, 0.1) is 5.69 Å². The molecule has 0 fully saturated rings. The maximum atomic E-state index is 13.5. The van der Waals surface area contributed by atoms with Crippen LogP contribution in [0.5, 0.6) is 0 Å². The van der Waals surface area contributed by atoms with Gasteiger partial charge in [-0.05, 0) is 34.2 Å². The molecule has 0 aliphatic carbocycles. The van der Waals surface area contributed by atoms with E-state index in [1.165, 1.54) is 0 Å². The minimum Gasteiger partial charge on any atom is -0.877 e. The number of benzene rings is 3. The average molecular weight is 343 g/mol. The summed E-state index contributed by atoms with van der Waals surface area (Å²) < 4.78 is 1.73. The molecule has 1 aromatic heterocycles. The normalized spacial score (nSPS) is 10.2. The van der Waals surface area contributed by atoms with Crippen LogP contribution in [0.2, 0.25) is 0 Å². The van der Waals surface area contributed by atoms with Crippen LogP contribution in [0.4, 0.5) is 0 Å². The van der Waals surface area contributed by atoms with Crippen molar-refractivity contribution >= 4 is 22.2 Å². The molecule has 4 aromatic rings. The monoisotopic (exact) mass is 343 g/mol. The largest absolute Gasteiger partial charge is 1.00 e. The van der Waals surface area contributed by atoms with Crippen molar-refractivity contribution in [1.29, 1.82) is 0 Å². The number of hydrogen-bond acceptors (Lipinski definition) is 1. The van der Waals surface area contributed by atoms with Gasteiger partial charge in [-0.15, -0.1) is 0 Å². The number of nitrogens with zero attached hydrogens (tertiary/aromatic N) is 1. The second-order valence-electron chi connectivity index (χ2n) is 6.14. The molecule has 0 saturated carbocycles. The second-order valence-corrected chi connectivity index (χ2v) is 6.14. The summed E-state index contributed by atoms with van der Waals surface area (Å²) in [7, 11) is 4.12. The first kappa shape index (κ1) is 18.9.